The van der Waals surface area contributed by atoms with Gasteiger partial charge in [0, 0.05) is 12.3 Å². The Morgan fingerprint density at radius 2 is 1.87 bits per heavy atom. The van der Waals surface area contributed by atoms with Crippen molar-refractivity contribution in [3.63, 3.8) is 0 Å². The number of hydrazone groups is 1. The van der Waals surface area contributed by atoms with Crippen molar-refractivity contribution < 1.29 is 9.59 Å². The molecule has 15 heavy (non-hydrogen) atoms. The summed E-state index contributed by atoms with van der Waals surface area (Å²) in [5.41, 5.74) is 3.04. The molecule has 0 aliphatic rings. The van der Waals surface area contributed by atoms with Crippen LogP contribution in [0.5, 0.6) is 0 Å². The molecule has 0 radical (unpaired) electrons. The first-order valence-electron chi connectivity index (χ1n) is 4.90. The summed E-state index contributed by atoms with van der Waals surface area (Å²) in [6.07, 6.45) is 3.01. The van der Waals surface area contributed by atoms with E-state index in [1.165, 1.54) is 6.08 Å². The van der Waals surface area contributed by atoms with Gasteiger partial charge in [0.05, 0.1) is 0 Å². The van der Waals surface area contributed by atoms with Crippen molar-refractivity contribution in [1.82, 2.24) is 10.7 Å². The smallest absolute Gasteiger partial charge is 0.329 e. The quantitative estimate of drug-likeness (QED) is 0.302. The molecule has 0 fully saturated rings. The predicted octanol–water partition coefficient (Wildman–Crippen LogP) is 0.581. The molecule has 5 nitrogen and oxygen atoms in total. The van der Waals surface area contributed by atoms with E-state index in [9.17, 15) is 9.59 Å². The molecule has 0 aliphatic heterocycles. The number of hydrogen-bond donors (Lipinski definition) is 2. The van der Waals surface area contributed by atoms with Gasteiger partial charge in [0.15, 0.2) is 0 Å². The average molecular weight is 211 g/mol. The van der Waals surface area contributed by atoms with Crippen LogP contribution < -0.4 is 10.7 Å². The lowest BCUT2D eigenvalue weighted by molar-refractivity contribution is -0.139. The van der Waals surface area contributed by atoms with Crippen LogP contribution >= 0.6 is 0 Å². The molecule has 2 amide bonds. The third-order valence-corrected chi connectivity index (χ3v) is 1.74. The van der Waals surface area contributed by atoms with Gasteiger partial charge in [-0.15, -0.1) is 6.58 Å². The highest BCUT2D eigenvalue weighted by atomic mass is 16.2. The molecule has 0 aromatic rings. The van der Waals surface area contributed by atoms with Crippen LogP contribution in [0.15, 0.2) is 17.8 Å². The van der Waals surface area contributed by atoms with Gasteiger partial charge in [-0.25, -0.2) is 5.43 Å². The standard InChI is InChI=1S/C10H17N3O2/c1-4-7-11-9(14)10(15)13-12-8(5-2)6-3/h4H,1,5-7H2,2-3H3,(H,11,14)(H,13,15). The van der Waals surface area contributed by atoms with Gasteiger partial charge in [-0.3, -0.25) is 9.59 Å². The lowest BCUT2D eigenvalue weighted by Crippen LogP contribution is -2.38. The molecule has 0 heterocycles. The minimum atomic E-state index is -0.753. The van der Waals surface area contributed by atoms with Crippen molar-refractivity contribution in [2.24, 2.45) is 5.10 Å². The fraction of sp³-hybridized carbons (Fsp3) is 0.500. The molecule has 0 saturated carbocycles. The second-order valence-electron chi connectivity index (χ2n) is 2.82. The number of rotatable bonds is 5. The molecule has 5 heteroatoms. The molecule has 0 aliphatic carbocycles. The zero-order valence-electron chi connectivity index (χ0n) is 9.17. The Hall–Kier alpha value is -1.65. The van der Waals surface area contributed by atoms with E-state index in [-0.39, 0.29) is 6.54 Å². The van der Waals surface area contributed by atoms with Gasteiger partial charge in [0.1, 0.15) is 0 Å². The minimum absolute atomic E-state index is 0.268. The minimum Gasteiger partial charge on any atom is -0.344 e. The normalized spacial score (nSPS) is 8.93. The van der Waals surface area contributed by atoms with E-state index in [4.69, 9.17) is 0 Å². The van der Waals surface area contributed by atoms with Crippen molar-refractivity contribution in [3.05, 3.63) is 12.7 Å². The fourth-order valence-electron chi connectivity index (χ4n) is 0.834. The van der Waals surface area contributed by atoms with Crippen molar-refractivity contribution in [2.75, 3.05) is 6.54 Å². The largest absolute Gasteiger partial charge is 0.344 e. The van der Waals surface area contributed by atoms with Gasteiger partial charge in [-0.05, 0) is 12.8 Å². The second-order valence-corrected chi connectivity index (χ2v) is 2.82. The van der Waals surface area contributed by atoms with E-state index in [1.807, 2.05) is 13.8 Å². The van der Waals surface area contributed by atoms with Crippen LogP contribution in [0, 0.1) is 0 Å². The molecule has 0 rings (SSSR count). The Balaban J connectivity index is 4.07. The zero-order chi connectivity index (χ0) is 11.7. The first-order chi connectivity index (χ1) is 7.15. The topological polar surface area (TPSA) is 70.6 Å². The van der Waals surface area contributed by atoms with Crippen LogP contribution in [0.25, 0.3) is 0 Å². The molecular weight excluding hydrogens is 194 g/mol. The molecule has 0 aromatic carbocycles. The summed E-state index contributed by atoms with van der Waals surface area (Å²) in [5.74, 6) is -1.46. The number of amides is 2. The molecule has 0 unspecified atom stereocenters. The van der Waals surface area contributed by atoms with Crippen molar-refractivity contribution in [1.29, 1.82) is 0 Å². The summed E-state index contributed by atoms with van der Waals surface area (Å²) in [5, 5.41) is 6.17. The van der Waals surface area contributed by atoms with Gasteiger partial charge in [0.2, 0.25) is 0 Å². The van der Waals surface area contributed by atoms with E-state index >= 15 is 0 Å². The van der Waals surface area contributed by atoms with Gasteiger partial charge in [-0.2, -0.15) is 5.10 Å². The monoisotopic (exact) mass is 211 g/mol. The Morgan fingerprint density at radius 3 is 2.33 bits per heavy atom. The molecular formula is C10H17N3O2. The number of nitrogens with one attached hydrogen (secondary N) is 2. The molecule has 2 N–H and O–H groups in total. The van der Waals surface area contributed by atoms with E-state index in [0.717, 1.165) is 18.6 Å². The van der Waals surface area contributed by atoms with Crippen molar-refractivity contribution in [3.8, 4) is 0 Å². The lowest BCUT2D eigenvalue weighted by Gasteiger charge is -2.02. The summed E-state index contributed by atoms with van der Waals surface area (Å²) in [6.45, 7) is 7.56. The number of nitrogens with zero attached hydrogens (tertiary/aromatic N) is 1. The van der Waals surface area contributed by atoms with Gasteiger partial charge >= 0.3 is 11.8 Å². The van der Waals surface area contributed by atoms with Gasteiger partial charge in [0.25, 0.3) is 0 Å². The third-order valence-electron chi connectivity index (χ3n) is 1.74. The van der Waals surface area contributed by atoms with E-state index in [1.54, 1.807) is 0 Å². The Bertz CT molecular complexity index is 266. The maximum absolute atomic E-state index is 11.1. The molecule has 0 atom stereocenters. The molecule has 0 bridgehead atoms. The molecule has 0 saturated heterocycles. The van der Waals surface area contributed by atoms with Crippen molar-refractivity contribution >= 4 is 17.5 Å². The highest BCUT2D eigenvalue weighted by molar-refractivity contribution is 6.35. The van der Waals surface area contributed by atoms with Gasteiger partial charge < -0.3 is 5.32 Å². The highest BCUT2D eigenvalue weighted by Gasteiger charge is 2.10. The Kier molecular flexibility index (Phi) is 6.88. The van der Waals surface area contributed by atoms with Crippen LogP contribution in [-0.2, 0) is 9.59 Å². The maximum Gasteiger partial charge on any atom is 0.329 e. The summed E-state index contributed by atoms with van der Waals surface area (Å²) in [7, 11) is 0. The fourth-order valence-corrected chi connectivity index (χ4v) is 0.834. The van der Waals surface area contributed by atoms with Crippen LogP contribution in [0.3, 0.4) is 0 Å². The molecule has 0 spiro atoms. The Morgan fingerprint density at radius 1 is 1.27 bits per heavy atom. The second kappa shape index (κ2) is 7.73. The highest BCUT2D eigenvalue weighted by Crippen LogP contribution is 1.89. The Labute approximate surface area is 89.6 Å². The summed E-state index contributed by atoms with van der Waals surface area (Å²) in [6, 6.07) is 0. The van der Waals surface area contributed by atoms with E-state index in [2.05, 4.69) is 22.4 Å². The summed E-state index contributed by atoms with van der Waals surface area (Å²) in [4.78, 5) is 22.2. The number of carbonyl (C=O) groups is 2. The van der Waals surface area contributed by atoms with Gasteiger partial charge in [-0.1, -0.05) is 19.9 Å². The van der Waals surface area contributed by atoms with Crippen LogP contribution in [0.1, 0.15) is 26.7 Å². The predicted molar refractivity (Wildman–Crippen MR) is 59.4 cm³/mol. The summed E-state index contributed by atoms with van der Waals surface area (Å²) < 4.78 is 0. The van der Waals surface area contributed by atoms with E-state index in [0.29, 0.717) is 0 Å². The van der Waals surface area contributed by atoms with Crippen LogP contribution in [0.4, 0.5) is 0 Å². The first-order valence-corrected chi connectivity index (χ1v) is 4.90. The first kappa shape index (κ1) is 13.4. The van der Waals surface area contributed by atoms with E-state index < -0.39 is 11.8 Å². The lowest BCUT2D eigenvalue weighted by atomic mass is 10.2. The SMILES string of the molecule is C=CCNC(=O)C(=O)NN=C(CC)CC. The zero-order valence-corrected chi connectivity index (χ0v) is 9.17. The van der Waals surface area contributed by atoms with Crippen LogP contribution in [-0.4, -0.2) is 24.1 Å². The molecule has 84 valence electrons. The van der Waals surface area contributed by atoms with Crippen molar-refractivity contribution in [2.45, 2.75) is 26.7 Å². The molecule has 0 aromatic heterocycles. The number of carbonyl (C=O) groups excluding carboxylic acids is 2. The third kappa shape index (κ3) is 5.61. The summed E-state index contributed by atoms with van der Waals surface area (Å²) >= 11 is 0. The maximum atomic E-state index is 11.1. The average Bonchev–Trinajstić information content (AvgIpc) is 2.26. The van der Waals surface area contributed by atoms with Crippen LogP contribution in [0.2, 0.25) is 0 Å². The number of hydrogen-bond acceptors (Lipinski definition) is 3.